The molecule has 0 aromatic heterocycles. The van der Waals surface area contributed by atoms with E-state index in [9.17, 15) is 24.6 Å². The first-order valence-corrected chi connectivity index (χ1v) is 9.81. The fraction of sp³-hybridized carbons (Fsp3) is 0.522. The van der Waals surface area contributed by atoms with Crippen LogP contribution in [-0.4, -0.2) is 60.7 Å². The number of esters is 3. The SMILES string of the molecule is C=C[C@]1(C)C[C@H](OC(=O)/C(C)=C\COC(C)=O)[C@H](C(=C)C(=O)OC)[C@H](O)[C@H]1C(=C)CO. The minimum atomic E-state index is -1.24. The van der Waals surface area contributed by atoms with E-state index >= 15 is 0 Å². The predicted molar refractivity (Wildman–Crippen MR) is 114 cm³/mol. The maximum Gasteiger partial charge on any atom is 0.333 e. The lowest BCUT2D eigenvalue weighted by Gasteiger charge is -2.50. The fourth-order valence-corrected chi connectivity index (χ4v) is 3.93. The van der Waals surface area contributed by atoms with Crippen molar-refractivity contribution < 1.29 is 38.8 Å². The van der Waals surface area contributed by atoms with Crippen molar-refractivity contribution in [2.75, 3.05) is 20.3 Å². The number of hydrogen-bond donors (Lipinski definition) is 2. The maximum absolute atomic E-state index is 12.6. The molecule has 0 heterocycles. The first-order chi connectivity index (χ1) is 14.4. The third kappa shape index (κ3) is 6.15. The highest BCUT2D eigenvalue weighted by Crippen LogP contribution is 2.50. The molecule has 2 N–H and O–H groups in total. The molecule has 0 bridgehead atoms. The summed E-state index contributed by atoms with van der Waals surface area (Å²) in [6, 6.07) is 0. The Hall–Kier alpha value is -2.71. The van der Waals surface area contributed by atoms with E-state index in [1.807, 2.05) is 0 Å². The molecule has 0 amide bonds. The van der Waals surface area contributed by atoms with Gasteiger partial charge in [-0.05, 0) is 30.4 Å². The zero-order valence-electron chi connectivity index (χ0n) is 18.6. The predicted octanol–water partition coefficient (Wildman–Crippen LogP) is 1.87. The summed E-state index contributed by atoms with van der Waals surface area (Å²) in [4.78, 5) is 35.7. The molecule has 1 fully saturated rings. The molecule has 0 unspecified atom stereocenters. The summed E-state index contributed by atoms with van der Waals surface area (Å²) in [6.07, 6.45) is 1.03. The molecular weight excluding hydrogens is 404 g/mol. The van der Waals surface area contributed by atoms with Crippen LogP contribution in [0.1, 0.15) is 27.2 Å². The zero-order chi connectivity index (χ0) is 23.9. The summed E-state index contributed by atoms with van der Waals surface area (Å²) in [6.45, 7) is 15.5. The van der Waals surface area contributed by atoms with E-state index in [4.69, 9.17) is 14.2 Å². The second-order valence-electron chi connectivity index (χ2n) is 7.87. The van der Waals surface area contributed by atoms with Gasteiger partial charge in [0.15, 0.2) is 0 Å². The molecule has 5 atom stereocenters. The van der Waals surface area contributed by atoms with Crippen molar-refractivity contribution in [1.82, 2.24) is 0 Å². The van der Waals surface area contributed by atoms with Crippen molar-refractivity contribution >= 4 is 17.9 Å². The van der Waals surface area contributed by atoms with Gasteiger partial charge in [0.05, 0.1) is 25.7 Å². The van der Waals surface area contributed by atoms with Gasteiger partial charge in [0.1, 0.15) is 12.7 Å². The first kappa shape index (κ1) is 26.3. The summed E-state index contributed by atoms with van der Waals surface area (Å²) in [5.41, 5.74) is -0.289. The van der Waals surface area contributed by atoms with Crippen molar-refractivity contribution in [3.8, 4) is 0 Å². The number of hydrogen-bond acceptors (Lipinski definition) is 8. The van der Waals surface area contributed by atoms with Crippen LogP contribution in [0.15, 0.2) is 48.6 Å². The molecule has 0 aromatic rings. The Morgan fingerprint density at radius 2 is 1.81 bits per heavy atom. The number of aliphatic hydroxyl groups excluding tert-OH is 2. The quantitative estimate of drug-likeness (QED) is 0.243. The Morgan fingerprint density at radius 1 is 1.19 bits per heavy atom. The van der Waals surface area contributed by atoms with E-state index in [2.05, 4.69) is 19.7 Å². The van der Waals surface area contributed by atoms with Gasteiger partial charge in [0, 0.05) is 24.0 Å². The van der Waals surface area contributed by atoms with Gasteiger partial charge in [-0.2, -0.15) is 0 Å². The van der Waals surface area contributed by atoms with Gasteiger partial charge in [-0.25, -0.2) is 9.59 Å². The smallest absolute Gasteiger partial charge is 0.333 e. The lowest BCUT2D eigenvalue weighted by atomic mass is 9.58. The molecule has 31 heavy (non-hydrogen) atoms. The second-order valence-corrected chi connectivity index (χ2v) is 7.87. The highest BCUT2D eigenvalue weighted by Gasteiger charge is 2.53. The normalized spacial score (nSPS) is 28.3. The van der Waals surface area contributed by atoms with Gasteiger partial charge >= 0.3 is 17.9 Å². The van der Waals surface area contributed by atoms with Crippen LogP contribution in [-0.2, 0) is 28.6 Å². The molecule has 0 aromatic carbocycles. The number of rotatable bonds is 9. The average Bonchev–Trinajstić information content (AvgIpc) is 2.71. The molecule has 0 spiro atoms. The monoisotopic (exact) mass is 436 g/mol. The van der Waals surface area contributed by atoms with Crippen LogP contribution < -0.4 is 0 Å². The number of carbonyl (C=O) groups excluding carboxylic acids is 3. The summed E-state index contributed by atoms with van der Waals surface area (Å²) < 4.78 is 15.2. The van der Waals surface area contributed by atoms with Crippen LogP contribution in [0.25, 0.3) is 0 Å². The van der Waals surface area contributed by atoms with Crippen LogP contribution in [0.2, 0.25) is 0 Å². The number of carbonyl (C=O) groups is 3. The Balaban J connectivity index is 3.30. The van der Waals surface area contributed by atoms with Gasteiger partial charge in [-0.15, -0.1) is 6.58 Å². The standard InChI is InChI=1S/C23H32O8/c1-8-23(6)11-17(31-21(27)13(2)9-10-30-16(5)25)18(15(4)22(28)29-7)20(26)19(23)14(3)12-24/h8-9,17-20,24,26H,1,3-4,10-12H2,2,5-7H3/b13-9-/t17-,18-,19+,20-,23+/m0/s1. The minimum absolute atomic E-state index is 0.0591. The Bertz CT molecular complexity index is 780. The molecule has 1 saturated carbocycles. The Kier molecular flexibility index (Phi) is 9.40. The summed E-state index contributed by atoms with van der Waals surface area (Å²) in [7, 11) is 1.18. The fourth-order valence-electron chi connectivity index (χ4n) is 3.93. The number of ether oxygens (including phenoxy) is 3. The second kappa shape index (κ2) is 11.1. The van der Waals surface area contributed by atoms with Crippen LogP contribution in [0.4, 0.5) is 0 Å². The van der Waals surface area contributed by atoms with E-state index in [1.54, 1.807) is 13.0 Å². The van der Waals surface area contributed by atoms with Crippen LogP contribution in [0, 0.1) is 17.3 Å². The number of allylic oxidation sites excluding steroid dienone is 1. The van der Waals surface area contributed by atoms with E-state index in [0.717, 1.165) is 0 Å². The molecule has 0 saturated heterocycles. The molecule has 0 radical (unpaired) electrons. The van der Waals surface area contributed by atoms with Crippen LogP contribution in [0.3, 0.4) is 0 Å². The molecule has 1 aliphatic rings. The minimum Gasteiger partial charge on any atom is -0.466 e. The maximum atomic E-state index is 12.6. The van der Waals surface area contributed by atoms with Gasteiger partial charge in [0.25, 0.3) is 0 Å². The van der Waals surface area contributed by atoms with Gasteiger partial charge < -0.3 is 24.4 Å². The van der Waals surface area contributed by atoms with Crippen LogP contribution >= 0.6 is 0 Å². The lowest BCUT2D eigenvalue weighted by molar-refractivity contribution is -0.161. The largest absolute Gasteiger partial charge is 0.466 e. The van der Waals surface area contributed by atoms with Crippen molar-refractivity contribution in [2.45, 2.75) is 39.4 Å². The van der Waals surface area contributed by atoms with Gasteiger partial charge in [-0.3, -0.25) is 4.79 Å². The van der Waals surface area contributed by atoms with E-state index in [1.165, 1.54) is 27.0 Å². The highest BCUT2D eigenvalue weighted by atomic mass is 16.5. The van der Waals surface area contributed by atoms with Crippen molar-refractivity contribution in [1.29, 1.82) is 0 Å². The molecular formula is C23H32O8. The van der Waals surface area contributed by atoms with E-state index in [-0.39, 0.29) is 30.8 Å². The van der Waals surface area contributed by atoms with Crippen LogP contribution in [0.5, 0.6) is 0 Å². The van der Waals surface area contributed by atoms with Crippen molar-refractivity contribution in [3.05, 3.63) is 48.6 Å². The molecule has 8 heteroatoms. The lowest BCUT2D eigenvalue weighted by Crippen LogP contribution is -2.54. The first-order valence-electron chi connectivity index (χ1n) is 9.81. The molecule has 8 nitrogen and oxygen atoms in total. The van der Waals surface area contributed by atoms with Gasteiger partial charge in [-0.1, -0.05) is 26.2 Å². The summed E-state index contributed by atoms with van der Waals surface area (Å²) in [5.74, 6) is -3.57. The zero-order valence-corrected chi connectivity index (χ0v) is 18.6. The number of methoxy groups -OCH3 is 1. The average molecular weight is 437 g/mol. The van der Waals surface area contributed by atoms with Gasteiger partial charge in [0.2, 0.25) is 0 Å². The van der Waals surface area contributed by atoms with Crippen molar-refractivity contribution in [3.63, 3.8) is 0 Å². The topological polar surface area (TPSA) is 119 Å². The third-order valence-corrected chi connectivity index (χ3v) is 5.68. The van der Waals surface area contributed by atoms with Crippen molar-refractivity contribution in [2.24, 2.45) is 17.3 Å². The highest BCUT2D eigenvalue weighted by molar-refractivity contribution is 5.89. The Morgan fingerprint density at radius 3 is 2.29 bits per heavy atom. The molecule has 172 valence electrons. The van der Waals surface area contributed by atoms with E-state index < -0.39 is 47.4 Å². The molecule has 0 aliphatic heterocycles. The molecule has 1 rings (SSSR count). The van der Waals surface area contributed by atoms with E-state index in [0.29, 0.717) is 5.57 Å². The summed E-state index contributed by atoms with van der Waals surface area (Å²) in [5, 5.41) is 20.8. The summed E-state index contributed by atoms with van der Waals surface area (Å²) >= 11 is 0. The third-order valence-electron chi connectivity index (χ3n) is 5.68. The molecule has 1 aliphatic carbocycles. The Labute approximate surface area is 182 Å². The number of aliphatic hydroxyl groups is 2.